The molecular weight excluding hydrogens is 755 g/mol. The van der Waals surface area contributed by atoms with Crippen LogP contribution in [0.3, 0.4) is 0 Å². The number of amides is 1. The minimum atomic E-state index is -0.802. The molecule has 0 saturated carbocycles. The van der Waals surface area contributed by atoms with E-state index >= 15 is 0 Å². The van der Waals surface area contributed by atoms with Crippen LogP contribution in [0.15, 0.2) is 72.9 Å². The van der Waals surface area contributed by atoms with Gasteiger partial charge in [-0.25, -0.2) is 0 Å². The first-order valence-corrected chi connectivity index (χ1v) is 25.7. The summed E-state index contributed by atoms with van der Waals surface area (Å²) >= 11 is 0. The van der Waals surface area contributed by atoms with Gasteiger partial charge in [0.25, 0.3) is 0 Å². The third kappa shape index (κ3) is 43.7. The van der Waals surface area contributed by atoms with Gasteiger partial charge in [0.1, 0.15) is 6.10 Å². The first-order valence-electron chi connectivity index (χ1n) is 25.7. The van der Waals surface area contributed by atoms with E-state index in [0.717, 1.165) is 89.9 Å². The second-order valence-electron chi connectivity index (χ2n) is 17.2. The van der Waals surface area contributed by atoms with E-state index in [9.17, 15) is 19.8 Å². The van der Waals surface area contributed by atoms with Gasteiger partial charge < -0.3 is 20.3 Å². The van der Waals surface area contributed by atoms with Gasteiger partial charge in [-0.05, 0) is 77.0 Å². The molecule has 0 spiro atoms. The Labute approximate surface area is 377 Å². The van der Waals surface area contributed by atoms with Crippen LogP contribution in [-0.2, 0) is 14.3 Å². The van der Waals surface area contributed by atoms with E-state index in [2.05, 4.69) is 99.0 Å². The van der Waals surface area contributed by atoms with Crippen molar-refractivity contribution in [1.29, 1.82) is 0 Å². The highest BCUT2D eigenvalue weighted by molar-refractivity contribution is 5.77. The molecule has 6 nitrogen and oxygen atoms in total. The number of unbranched alkanes of at least 4 members (excludes halogenated alkanes) is 23. The van der Waals surface area contributed by atoms with Crippen LogP contribution >= 0.6 is 0 Å². The van der Waals surface area contributed by atoms with Crippen molar-refractivity contribution < 1.29 is 24.5 Å². The van der Waals surface area contributed by atoms with Crippen molar-refractivity contribution in [2.45, 2.75) is 257 Å². The molecule has 0 rings (SSSR count). The van der Waals surface area contributed by atoms with Crippen LogP contribution in [0.25, 0.3) is 0 Å². The molecule has 0 aliphatic heterocycles. The van der Waals surface area contributed by atoms with Crippen molar-refractivity contribution in [3.63, 3.8) is 0 Å². The van der Waals surface area contributed by atoms with Crippen molar-refractivity contribution >= 4 is 11.9 Å². The van der Waals surface area contributed by atoms with Crippen molar-refractivity contribution in [3.05, 3.63) is 72.9 Å². The monoisotopic (exact) mass is 852 g/mol. The lowest BCUT2D eigenvalue weighted by molar-refractivity contribution is -0.151. The topological polar surface area (TPSA) is 95.9 Å². The largest absolute Gasteiger partial charge is 0.462 e. The van der Waals surface area contributed by atoms with Crippen molar-refractivity contribution in [2.24, 2.45) is 0 Å². The number of ether oxygens (including phenoxy) is 1. The minimum absolute atomic E-state index is 0.0441. The number of aliphatic hydroxyl groups excluding tert-OH is 2. The van der Waals surface area contributed by atoms with Gasteiger partial charge >= 0.3 is 5.97 Å². The Balaban J connectivity index is 4.59. The Morgan fingerprint density at radius 2 is 0.967 bits per heavy atom. The van der Waals surface area contributed by atoms with Crippen LogP contribution in [0.2, 0.25) is 0 Å². The second-order valence-corrected chi connectivity index (χ2v) is 17.2. The maximum Gasteiger partial charge on any atom is 0.306 e. The summed E-state index contributed by atoms with van der Waals surface area (Å²) in [4.78, 5) is 26.1. The molecule has 0 bridgehead atoms. The third-order valence-corrected chi connectivity index (χ3v) is 11.3. The van der Waals surface area contributed by atoms with Crippen LogP contribution in [0, 0.1) is 0 Å². The molecule has 61 heavy (non-hydrogen) atoms. The lowest BCUT2D eigenvalue weighted by Gasteiger charge is -2.24. The SMILES string of the molecule is CC/C=C/C=C/C=C/CCCCCCCCCC(=O)OC(CCCC/C=C/C/C=C/C/C=C/CC)CC(=O)NC(CO)C(O)CCCCCCCCCCCCCCCCC. The van der Waals surface area contributed by atoms with Gasteiger partial charge in [0.05, 0.1) is 25.2 Å². The van der Waals surface area contributed by atoms with Gasteiger partial charge in [-0.2, -0.15) is 0 Å². The Bertz CT molecular complexity index is 1140. The number of hydrogen-bond acceptors (Lipinski definition) is 5. The van der Waals surface area contributed by atoms with E-state index in [0.29, 0.717) is 19.3 Å². The lowest BCUT2D eigenvalue weighted by Crippen LogP contribution is -2.46. The summed E-state index contributed by atoms with van der Waals surface area (Å²) in [5.74, 6) is -0.528. The van der Waals surface area contributed by atoms with Gasteiger partial charge in [-0.15, -0.1) is 0 Å². The summed E-state index contributed by atoms with van der Waals surface area (Å²) in [5, 5.41) is 23.8. The predicted octanol–water partition coefficient (Wildman–Crippen LogP) is 15.4. The molecule has 0 fully saturated rings. The van der Waals surface area contributed by atoms with Crippen LogP contribution in [0.5, 0.6) is 0 Å². The minimum Gasteiger partial charge on any atom is -0.462 e. The zero-order valence-electron chi connectivity index (χ0n) is 40.0. The summed E-state index contributed by atoms with van der Waals surface area (Å²) < 4.78 is 5.90. The second kappa shape index (κ2) is 48.3. The molecule has 0 saturated heterocycles. The van der Waals surface area contributed by atoms with Gasteiger partial charge in [-0.3, -0.25) is 9.59 Å². The van der Waals surface area contributed by atoms with Crippen LogP contribution in [-0.4, -0.2) is 46.9 Å². The van der Waals surface area contributed by atoms with Gasteiger partial charge in [0, 0.05) is 6.42 Å². The highest BCUT2D eigenvalue weighted by atomic mass is 16.5. The molecule has 0 radical (unpaired) electrons. The quantitative estimate of drug-likeness (QED) is 0.0245. The summed E-state index contributed by atoms with van der Waals surface area (Å²) in [7, 11) is 0. The molecule has 0 aromatic heterocycles. The van der Waals surface area contributed by atoms with Crippen LogP contribution < -0.4 is 5.32 Å². The number of carbonyl (C=O) groups excluding carboxylic acids is 2. The molecule has 3 atom stereocenters. The average molecular weight is 852 g/mol. The maximum atomic E-state index is 13.2. The number of aliphatic hydroxyl groups is 2. The Morgan fingerprint density at radius 1 is 0.508 bits per heavy atom. The van der Waals surface area contributed by atoms with Gasteiger partial charge in [0.2, 0.25) is 5.91 Å². The fourth-order valence-corrected chi connectivity index (χ4v) is 7.50. The first kappa shape index (κ1) is 58.3. The standard InChI is InChI=1S/C55H97NO5/c1-4-7-10-13-16-19-22-25-27-29-32-35-38-41-44-47-53(58)52(50-57)56-54(59)49-51(46-43-40-37-34-31-24-21-18-15-12-9-6-3)61-55(60)48-45-42-39-36-33-30-28-26-23-20-17-14-11-8-5-2/h8-9,11-12,14,17-18,20-21,23,31,34,51-53,57-58H,4-7,10,13,15-16,19,22,24-30,32-33,35-50H2,1-3H3,(H,56,59)/b11-8+,12-9+,17-14+,21-18+,23-20+,34-31+. The van der Waals surface area contributed by atoms with E-state index < -0.39 is 18.2 Å². The third-order valence-electron chi connectivity index (χ3n) is 11.3. The predicted molar refractivity (Wildman–Crippen MR) is 264 cm³/mol. The number of rotatable bonds is 45. The molecule has 3 unspecified atom stereocenters. The van der Waals surface area contributed by atoms with Crippen LogP contribution in [0.4, 0.5) is 0 Å². The van der Waals surface area contributed by atoms with E-state index in [-0.39, 0.29) is 24.9 Å². The maximum absolute atomic E-state index is 13.2. The van der Waals surface area contributed by atoms with E-state index in [4.69, 9.17) is 4.74 Å². The highest BCUT2D eigenvalue weighted by Crippen LogP contribution is 2.17. The fourth-order valence-electron chi connectivity index (χ4n) is 7.50. The molecule has 352 valence electrons. The van der Waals surface area contributed by atoms with E-state index in [1.807, 2.05) is 0 Å². The average Bonchev–Trinajstić information content (AvgIpc) is 3.25. The fraction of sp³-hybridized carbons (Fsp3) is 0.745. The molecule has 0 heterocycles. The van der Waals surface area contributed by atoms with Crippen molar-refractivity contribution in [3.8, 4) is 0 Å². The molecule has 1 amide bonds. The summed E-state index contributed by atoms with van der Waals surface area (Å²) in [5.41, 5.74) is 0. The van der Waals surface area contributed by atoms with E-state index in [1.165, 1.54) is 103 Å². The molecule has 3 N–H and O–H groups in total. The lowest BCUT2D eigenvalue weighted by atomic mass is 10.0. The molecule has 0 aliphatic rings. The van der Waals surface area contributed by atoms with Gasteiger partial charge in [0.15, 0.2) is 0 Å². The number of carbonyl (C=O) groups is 2. The normalized spacial score (nSPS) is 13.9. The van der Waals surface area contributed by atoms with Crippen molar-refractivity contribution in [2.75, 3.05) is 6.61 Å². The number of hydrogen-bond donors (Lipinski definition) is 3. The van der Waals surface area contributed by atoms with Crippen molar-refractivity contribution in [1.82, 2.24) is 5.32 Å². The van der Waals surface area contributed by atoms with Crippen LogP contribution in [0.1, 0.15) is 239 Å². The summed E-state index contributed by atoms with van der Waals surface area (Å²) in [6.45, 7) is 6.23. The number of allylic oxidation sites excluding steroid dienone is 12. The van der Waals surface area contributed by atoms with E-state index in [1.54, 1.807) is 0 Å². The first-order chi connectivity index (χ1) is 30.0. The van der Waals surface area contributed by atoms with Gasteiger partial charge in [-0.1, -0.05) is 222 Å². The zero-order valence-corrected chi connectivity index (χ0v) is 40.0. The Hall–Kier alpha value is -2.70. The number of esters is 1. The Kier molecular flexibility index (Phi) is 46.2. The number of nitrogens with one attached hydrogen (secondary N) is 1. The molecule has 6 heteroatoms. The molecule has 0 aromatic carbocycles. The smallest absolute Gasteiger partial charge is 0.306 e. The summed E-state index contributed by atoms with van der Waals surface area (Å²) in [6, 6.07) is -0.719. The summed E-state index contributed by atoms with van der Waals surface area (Å²) in [6.07, 6.45) is 61.1. The molecule has 0 aliphatic carbocycles. The Morgan fingerprint density at radius 3 is 1.54 bits per heavy atom. The molecule has 0 aromatic rings. The molecular formula is C55H97NO5. The highest BCUT2D eigenvalue weighted by Gasteiger charge is 2.24. The zero-order chi connectivity index (χ0) is 44.5.